The SMILES string of the molecule is Cc1cc(-c2ncc(C(C)N)s2)cc(C)n1. The maximum absolute atomic E-state index is 5.82. The van der Waals surface area contributed by atoms with E-state index in [0.29, 0.717) is 0 Å². The lowest BCUT2D eigenvalue weighted by Crippen LogP contribution is -2.01. The lowest BCUT2D eigenvalue weighted by Gasteiger charge is -2.01. The minimum atomic E-state index is 0.0512. The van der Waals surface area contributed by atoms with Crippen molar-refractivity contribution in [3.8, 4) is 10.6 Å². The summed E-state index contributed by atoms with van der Waals surface area (Å²) < 4.78 is 0. The molecular weight excluding hydrogens is 218 g/mol. The summed E-state index contributed by atoms with van der Waals surface area (Å²) in [6, 6.07) is 4.16. The molecule has 2 N–H and O–H groups in total. The van der Waals surface area contributed by atoms with Crippen molar-refractivity contribution in [3.63, 3.8) is 0 Å². The second kappa shape index (κ2) is 4.31. The van der Waals surface area contributed by atoms with Gasteiger partial charge in [-0.3, -0.25) is 4.98 Å². The first-order valence-corrected chi connectivity index (χ1v) is 6.05. The van der Waals surface area contributed by atoms with E-state index in [0.717, 1.165) is 26.8 Å². The highest BCUT2D eigenvalue weighted by Gasteiger charge is 2.08. The van der Waals surface area contributed by atoms with Gasteiger partial charge in [0.25, 0.3) is 0 Å². The molecule has 0 aliphatic rings. The highest BCUT2D eigenvalue weighted by Crippen LogP contribution is 2.28. The maximum Gasteiger partial charge on any atom is 0.123 e. The van der Waals surface area contributed by atoms with Crippen molar-refractivity contribution in [2.45, 2.75) is 26.8 Å². The van der Waals surface area contributed by atoms with Gasteiger partial charge >= 0.3 is 0 Å². The molecule has 0 saturated carbocycles. The monoisotopic (exact) mass is 233 g/mol. The molecule has 2 aromatic rings. The van der Waals surface area contributed by atoms with E-state index in [1.165, 1.54) is 0 Å². The van der Waals surface area contributed by atoms with Gasteiger partial charge in [-0.25, -0.2) is 4.98 Å². The van der Waals surface area contributed by atoms with Gasteiger partial charge in [0.1, 0.15) is 5.01 Å². The van der Waals surface area contributed by atoms with E-state index in [1.54, 1.807) is 11.3 Å². The lowest BCUT2D eigenvalue weighted by molar-refractivity contribution is 0.835. The van der Waals surface area contributed by atoms with Crippen LogP contribution in [0.1, 0.15) is 29.2 Å². The second-order valence-electron chi connectivity index (χ2n) is 4.00. The van der Waals surface area contributed by atoms with Gasteiger partial charge in [-0.15, -0.1) is 11.3 Å². The Bertz CT molecular complexity index is 482. The van der Waals surface area contributed by atoms with Crippen LogP contribution in [0.5, 0.6) is 0 Å². The summed E-state index contributed by atoms with van der Waals surface area (Å²) in [6.45, 7) is 5.97. The fraction of sp³-hybridized carbons (Fsp3) is 0.333. The van der Waals surface area contributed by atoms with Crippen LogP contribution in [0.2, 0.25) is 0 Å². The Morgan fingerprint density at radius 1 is 1.25 bits per heavy atom. The van der Waals surface area contributed by atoms with Crippen LogP contribution in [0.15, 0.2) is 18.3 Å². The zero-order valence-corrected chi connectivity index (χ0v) is 10.5. The number of aromatic nitrogens is 2. The molecule has 0 aromatic carbocycles. The Hall–Kier alpha value is -1.26. The molecule has 2 rings (SSSR count). The first-order chi connectivity index (χ1) is 7.56. The molecule has 2 heterocycles. The molecule has 2 aromatic heterocycles. The predicted octanol–water partition coefficient (Wildman–Crippen LogP) is 2.84. The number of hydrogen-bond donors (Lipinski definition) is 1. The van der Waals surface area contributed by atoms with Crippen LogP contribution in [0.3, 0.4) is 0 Å². The molecule has 0 amide bonds. The number of nitrogens with two attached hydrogens (primary N) is 1. The van der Waals surface area contributed by atoms with Gasteiger partial charge in [-0.1, -0.05) is 0 Å². The third-order valence-electron chi connectivity index (χ3n) is 2.30. The molecule has 0 spiro atoms. The molecule has 1 unspecified atom stereocenters. The van der Waals surface area contributed by atoms with Crippen LogP contribution >= 0.6 is 11.3 Å². The molecule has 4 heteroatoms. The van der Waals surface area contributed by atoms with Gasteiger partial charge in [-0.2, -0.15) is 0 Å². The molecule has 0 fully saturated rings. The van der Waals surface area contributed by atoms with Crippen molar-refractivity contribution in [3.05, 3.63) is 34.6 Å². The Labute approximate surface area is 99.4 Å². The Balaban J connectivity index is 2.42. The summed E-state index contributed by atoms with van der Waals surface area (Å²) in [7, 11) is 0. The number of rotatable bonds is 2. The molecule has 3 nitrogen and oxygen atoms in total. The van der Waals surface area contributed by atoms with E-state index in [4.69, 9.17) is 5.73 Å². The molecule has 0 radical (unpaired) electrons. The molecule has 0 saturated heterocycles. The van der Waals surface area contributed by atoms with Crippen LogP contribution in [0, 0.1) is 13.8 Å². The zero-order chi connectivity index (χ0) is 11.7. The third-order valence-corrected chi connectivity index (χ3v) is 3.55. The molecular formula is C12H15N3S. The van der Waals surface area contributed by atoms with Gasteiger partial charge < -0.3 is 5.73 Å². The minimum absolute atomic E-state index is 0.0512. The van der Waals surface area contributed by atoms with Crippen molar-refractivity contribution in [1.29, 1.82) is 0 Å². The van der Waals surface area contributed by atoms with Crippen LogP contribution in [-0.2, 0) is 0 Å². The van der Waals surface area contributed by atoms with Gasteiger partial charge in [0, 0.05) is 34.1 Å². The fourth-order valence-corrected chi connectivity index (χ4v) is 2.44. The van der Waals surface area contributed by atoms with Gasteiger partial charge in [-0.05, 0) is 32.9 Å². The summed E-state index contributed by atoms with van der Waals surface area (Å²) in [5.41, 5.74) is 8.99. The van der Waals surface area contributed by atoms with Crippen molar-refractivity contribution in [2.75, 3.05) is 0 Å². The summed E-state index contributed by atoms with van der Waals surface area (Å²) >= 11 is 1.65. The van der Waals surface area contributed by atoms with Crippen molar-refractivity contribution < 1.29 is 0 Å². The number of nitrogens with zero attached hydrogens (tertiary/aromatic N) is 2. The first-order valence-electron chi connectivity index (χ1n) is 5.23. The van der Waals surface area contributed by atoms with E-state index in [2.05, 4.69) is 22.1 Å². The van der Waals surface area contributed by atoms with Crippen LogP contribution in [-0.4, -0.2) is 9.97 Å². The zero-order valence-electron chi connectivity index (χ0n) is 9.69. The van der Waals surface area contributed by atoms with E-state index >= 15 is 0 Å². The molecule has 0 bridgehead atoms. The first kappa shape index (κ1) is 11.2. The smallest absolute Gasteiger partial charge is 0.123 e. The summed E-state index contributed by atoms with van der Waals surface area (Å²) in [6.07, 6.45) is 1.86. The topological polar surface area (TPSA) is 51.8 Å². The summed E-state index contributed by atoms with van der Waals surface area (Å²) in [5, 5.41) is 1.01. The minimum Gasteiger partial charge on any atom is -0.323 e. The van der Waals surface area contributed by atoms with Crippen molar-refractivity contribution >= 4 is 11.3 Å². The molecule has 0 aliphatic carbocycles. The third kappa shape index (κ3) is 2.28. The number of hydrogen-bond acceptors (Lipinski definition) is 4. The van der Waals surface area contributed by atoms with Gasteiger partial charge in [0.05, 0.1) is 0 Å². The van der Waals surface area contributed by atoms with Gasteiger partial charge in [0.2, 0.25) is 0 Å². The van der Waals surface area contributed by atoms with Gasteiger partial charge in [0.15, 0.2) is 0 Å². The van der Waals surface area contributed by atoms with E-state index in [9.17, 15) is 0 Å². The van der Waals surface area contributed by atoms with E-state index < -0.39 is 0 Å². The number of pyridine rings is 1. The average Bonchev–Trinajstić information content (AvgIpc) is 2.64. The predicted molar refractivity (Wildman–Crippen MR) is 67.4 cm³/mol. The molecule has 84 valence electrons. The normalized spacial score (nSPS) is 12.8. The maximum atomic E-state index is 5.82. The van der Waals surface area contributed by atoms with Crippen LogP contribution in [0.25, 0.3) is 10.6 Å². The largest absolute Gasteiger partial charge is 0.323 e. The summed E-state index contributed by atoms with van der Waals surface area (Å²) in [5.74, 6) is 0. The average molecular weight is 233 g/mol. The molecule has 0 aliphatic heterocycles. The number of aryl methyl sites for hydroxylation is 2. The van der Waals surface area contributed by atoms with Crippen molar-refractivity contribution in [1.82, 2.24) is 9.97 Å². The number of thiazole rings is 1. The quantitative estimate of drug-likeness (QED) is 0.867. The van der Waals surface area contributed by atoms with E-state index in [1.807, 2.05) is 27.0 Å². The van der Waals surface area contributed by atoms with E-state index in [-0.39, 0.29) is 6.04 Å². The lowest BCUT2D eigenvalue weighted by atomic mass is 10.2. The van der Waals surface area contributed by atoms with Crippen molar-refractivity contribution in [2.24, 2.45) is 5.73 Å². The molecule has 16 heavy (non-hydrogen) atoms. The van der Waals surface area contributed by atoms with Crippen LogP contribution < -0.4 is 5.73 Å². The van der Waals surface area contributed by atoms with Crippen LogP contribution in [0.4, 0.5) is 0 Å². The fourth-order valence-electron chi connectivity index (χ4n) is 1.59. The second-order valence-corrected chi connectivity index (χ2v) is 5.06. The highest BCUT2D eigenvalue weighted by molar-refractivity contribution is 7.15. The Morgan fingerprint density at radius 3 is 2.38 bits per heavy atom. The molecule has 1 atom stereocenters. The Kier molecular flexibility index (Phi) is 3.03. The summed E-state index contributed by atoms with van der Waals surface area (Å²) in [4.78, 5) is 9.87. The Morgan fingerprint density at radius 2 is 1.88 bits per heavy atom. The standard InChI is InChI=1S/C12H15N3S/c1-7-4-10(5-8(2)15-7)12-14-6-11(16-12)9(3)13/h4-6,9H,13H2,1-3H3. The highest BCUT2D eigenvalue weighted by atomic mass is 32.1.